The van der Waals surface area contributed by atoms with Gasteiger partial charge in [0.2, 0.25) is 0 Å². The number of benzene rings is 1. The van der Waals surface area contributed by atoms with Gasteiger partial charge in [0.05, 0.1) is 0 Å². The standard InChI is InChI=1S/C9H5BrIN/c10-7-2-1-6-4-12-5-9(11)8(6)3-7/h1-5H. The van der Waals surface area contributed by atoms with Gasteiger partial charge in [-0.25, -0.2) is 0 Å². The van der Waals surface area contributed by atoms with Gasteiger partial charge in [-0.05, 0) is 40.1 Å². The molecule has 1 nitrogen and oxygen atoms in total. The Labute approximate surface area is 92.5 Å². The SMILES string of the molecule is Brc1ccc2cncc(I)c2c1. The smallest absolute Gasteiger partial charge is 0.0408 e. The Balaban J connectivity index is 2.88. The number of halogens is 2. The quantitative estimate of drug-likeness (QED) is 0.671. The van der Waals surface area contributed by atoms with Crippen molar-refractivity contribution in [1.29, 1.82) is 0 Å². The first-order valence-corrected chi connectivity index (χ1v) is 5.33. The van der Waals surface area contributed by atoms with E-state index in [0.29, 0.717) is 0 Å². The second-order valence-corrected chi connectivity index (χ2v) is 4.56. The van der Waals surface area contributed by atoms with Gasteiger partial charge in [0, 0.05) is 25.8 Å². The molecule has 0 saturated carbocycles. The van der Waals surface area contributed by atoms with Crippen molar-refractivity contribution in [2.75, 3.05) is 0 Å². The van der Waals surface area contributed by atoms with Crippen LogP contribution in [0.25, 0.3) is 10.8 Å². The summed E-state index contributed by atoms with van der Waals surface area (Å²) in [5.74, 6) is 0. The topological polar surface area (TPSA) is 12.9 Å². The fourth-order valence-electron chi connectivity index (χ4n) is 1.10. The van der Waals surface area contributed by atoms with Gasteiger partial charge in [-0.2, -0.15) is 0 Å². The van der Waals surface area contributed by atoms with Crippen molar-refractivity contribution in [3.63, 3.8) is 0 Å². The molecule has 1 aromatic carbocycles. The van der Waals surface area contributed by atoms with E-state index in [2.05, 4.69) is 55.6 Å². The zero-order valence-electron chi connectivity index (χ0n) is 6.09. The molecular weight excluding hydrogens is 329 g/mol. The first-order chi connectivity index (χ1) is 5.77. The zero-order chi connectivity index (χ0) is 8.55. The molecule has 0 aliphatic rings. The average Bonchev–Trinajstić information content (AvgIpc) is 2.07. The molecule has 0 aliphatic carbocycles. The Morgan fingerprint density at radius 3 is 2.92 bits per heavy atom. The predicted octanol–water partition coefficient (Wildman–Crippen LogP) is 3.60. The maximum atomic E-state index is 4.12. The van der Waals surface area contributed by atoms with Crippen molar-refractivity contribution in [1.82, 2.24) is 4.98 Å². The monoisotopic (exact) mass is 333 g/mol. The third-order valence-corrected chi connectivity index (χ3v) is 3.03. The molecule has 0 amide bonds. The molecule has 12 heavy (non-hydrogen) atoms. The summed E-state index contributed by atoms with van der Waals surface area (Å²) in [5, 5.41) is 2.44. The Morgan fingerprint density at radius 1 is 1.25 bits per heavy atom. The molecule has 2 aromatic rings. The Bertz CT molecular complexity index is 428. The van der Waals surface area contributed by atoms with Crippen LogP contribution in [0.2, 0.25) is 0 Å². The van der Waals surface area contributed by atoms with Crippen molar-refractivity contribution in [3.8, 4) is 0 Å². The van der Waals surface area contributed by atoms with Gasteiger partial charge in [-0.3, -0.25) is 4.98 Å². The Kier molecular flexibility index (Phi) is 2.32. The lowest BCUT2D eigenvalue weighted by molar-refractivity contribution is 1.34. The minimum atomic E-state index is 1.11. The number of rotatable bonds is 0. The number of hydrogen-bond donors (Lipinski definition) is 0. The summed E-state index contributed by atoms with van der Waals surface area (Å²) in [6.07, 6.45) is 3.75. The van der Waals surface area contributed by atoms with E-state index >= 15 is 0 Å². The first-order valence-electron chi connectivity index (χ1n) is 3.46. The highest BCUT2D eigenvalue weighted by atomic mass is 127. The van der Waals surface area contributed by atoms with Gasteiger partial charge in [-0.1, -0.05) is 22.0 Å². The van der Waals surface area contributed by atoms with Crippen molar-refractivity contribution < 1.29 is 0 Å². The number of pyridine rings is 1. The number of fused-ring (bicyclic) bond motifs is 1. The molecule has 0 radical (unpaired) electrons. The molecule has 1 heterocycles. The summed E-state index contributed by atoms with van der Waals surface area (Å²) in [7, 11) is 0. The summed E-state index contributed by atoms with van der Waals surface area (Å²) < 4.78 is 2.30. The van der Waals surface area contributed by atoms with E-state index in [4.69, 9.17) is 0 Å². The van der Waals surface area contributed by atoms with Crippen LogP contribution in [0, 0.1) is 3.57 Å². The lowest BCUT2D eigenvalue weighted by Gasteiger charge is -1.99. The second-order valence-electron chi connectivity index (χ2n) is 2.49. The molecule has 0 atom stereocenters. The molecule has 0 saturated heterocycles. The lowest BCUT2D eigenvalue weighted by atomic mass is 10.2. The van der Waals surface area contributed by atoms with E-state index in [1.54, 1.807) is 0 Å². The summed E-state index contributed by atoms with van der Waals surface area (Å²) in [6, 6.07) is 6.20. The van der Waals surface area contributed by atoms with Crippen molar-refractivity contribution in [3.05, 3.63) is 38.6 Å². The highest BCUT2D eigenvalue weighted by Gasteiger charge is 1.97. The Morgan fingerprint density at radius 2 is 2.08 bits per heavy atom. The average molecular weight is 334 g/mol. The molecule has 0 bridgehead atoms. The van der Waals surface area contributed by atoms with E-state index in [-0.39, 0.29) is 0 Å². The third kappa shape index (κ3) is 1.47. The van der Waals surface area contributed by atoms with Crippen molar-refractivity contribution in [2.45, 2.75) is 0 Å². The highest BCUT2D eigenvalue weighted by molar-refractivity contribution is 14.1. The lowest BCUT2D eigenvalue weighted by Crippen LogP contribution is -1.80. The van der Waals surface area contributed by atoms with Gasteiger partial charge < -0.3 is 0 Å². The molecule has 0 N–H and O–H groups in total. The van der Waals surface area contributed by atoms with Gasteiger partial charge in [0.25, 0.3) is 0 Å². The van der Waals surface area contributed by atoms with Gasteiger partial charge in [0.1, 0.15) is 0 Å². The second kappa shape index (κ2) is 3.30. The molecule has 0 unspecified atom stereocenters. The number of nitrogens with zero attached hydrogens (tertiary/aromatic N) is 1. The van der Waals surface area contributed by atoms with Gasteiger partial charge in [0.15, 0.2) is 0 Å². The molecule has 60 valence electrons. The van der Waals surface area contributed by atoms with Crippen LogP contribution in [0.1, 0.15) is 0 Å². The third-order valence-electron chi connectivity index (χ3n) is 1.67. The maximum Gasteiger partial charge on any atom is 0.0408 e. The van der Waals surface area contributed by atoms with E-state index in [0.717, 1.165) is 4.47 Å². The van der Waals surface area contributed by atoms with Gasteiger partial charge in [-0.15, -0.1) is 0 Å². The molecular formula is C9H5BrIN. The largest absolute Gasteiger partial charge is 0.263 e. The van der Waals surface area contributed by atoms with Crippen LogP contribution >= 0.6 is 38.5 Å². The van der Waals surface area contributed by atoms with E-state index in [9.17, 15) is 0 Å². The van der Waals surface area contributed by atoms with Crippen LogP contribution in [-0.2, 0) is 0 Å². The summed E-state index contributed by atoms with van der Waals surface area (Å²) in [5.41, 5.74) is 0. The molecule has 0 spiro atoms. The molecule has 0 fully saturated rings. The van der Waals surface area contributed by atoms with E-state index in [1.807, 2.05) is 18.5 Å². The van der Waals surface area contributed by atoms with Crippen LogP contribution in [0.5, 0.6) is 0 Å². The zero-order valence-corrected chi connectivity index (χ0v) is 9.83. The molecule has 3 heteroatoms. The highest BCUT2D eigenvalue weighted by Crippen LogP contribution is 2.22. The molecule has 2 rings (SSSR count). The van der Waals surface area contributed by atoms with Crippen LogP contribution in [-0.4, -0.2) is 4.98 Å². The van der Waals surface area contributed by atoms with E-state index < -0.39 is 0 Å². The van der Waals surface area contributed by atoms with Crippen LogP contribution in [0.4, 0.5) is 0 Å². The number of hydrogen-bond acceptors (Lipinski definition) is 1. The fraction of sp³-hybridized carbons (Fsp3) is 0. The molecule has 0 aliphatic heterocycles. The Hall–Kier alpha value is -0.160. The van der Waals surface area contributed by atoms with Gasteiger partial charge >= 0.3 is 0 Å². The van der Waals surface area contributed by atoms with Crippen molar-refractivity contribution in [2.24, 2.45) is 0 Å². The molecule has 1 aromatic heterocycles. The normalized spacial score (nSPS) is 10.5. The minimum absolute atomic E-state index is 1.11. The minimum Gasteiger partial charge on any atom is -0.263 e. The predicted molar refractivity (Wildman–Crippen MR) is 62.2 cm³/mol. The van der Waals surface area contributed by atoms with Crippen LogP contribution in [0.3, 0.4) is 0 Å². The summed E-state index contributed by atoms with van der Waals surface area (Å²) >= 11 is 5.73. The number of aromatic nitrogens is 1. The van der Waals surface area contributed by atoms with Crippen LogP contribution in [0.15, 0.2) is 35.1 Å². The maximum absolute atomic E-state index is 4.12. The first kappa shape index (κ1) is 8.44. The van der Waals surface area contributed by atoms with Crippen molar-refractivity contribution >= 4 is 49.3 Å². The van der Waals surface area contributed by atoms with Crippen LogP contribution < -0.4 is 0 Å². The van der Waals surface area contributed by atoms with E-state index in [1.165, 1.54) is 14.3 Å². The summed E-state index contributed by atoms with van der Waals surface area (Å²) in [6.45, 7) is 0. The summed E-state index contributed by atoms with van der Waals surface area (Å²) in [4.78, 5) is 4.12. The fourth-order valence-corrected chi connectivity index (χ4v) is 2.09.